The summed E-state index contributed by atoms with van der Waals surface area (Å²) in [6.45, 7) is 7.98. The Labute approximate surface area is 124 Å². The maximum Gasteiger partial charge on any atom is 0.241 e. The Morgan fingerprint density at radius 3 is 2.43 bits per heavy atom. The van der Waals surface area contributed by atoms with Crippen LogP contribution in [0.15, 0.2) is 18.2 Å². The van der Waals surface area contributed by atoms with Crippen LogP contribution in [0.2, 0.25) is 0 Å². The standard InChI is InChI=1S/C16H22F2N2O/c1-10-6-11(2)9-20(8-10)12(3)16(21)19-13-4-5-14(17)15(18)7-13/h4-5,7,10-12H,6,8-9H2,1-3H3,(H,19,21)/t10-,11-,12+/m1/s1. The van der Waals surface area contributed by atoms with Crippen LogP contribution in [0.25, 0.3) is 0 Å². The van der Waals surface area contributed by atoms with Gasteiger partial charge in [0.15, 0.2) is 11.6 Å². The molecule has 1 amide bonds. The highest BCUT2D eigenvalue weighted by Crippen LogP contribution is 2.23. The summed E-state index contributed by atoms with van der Waals surface area (Å²) >= 11 is 0. The molecule has 1 fully saturated rings. The predicted octanol–water partition coefficient (Wildman–Crippen LogP) is 3.27. The molecule has 1 aromatic carbocycles. The second-order valence-corrected chi connectivity index (χ2v) is 6.19. The van der Waals surface area contributed by atoms with Crippen LogP contribution >= 0.6 is 0 Å². The molecule has 1 heterocycles. The fourth-order valence-electron chi connectivity index (χ4n) is 3.01. The van der Waals surface area contributed by atoms with Crippen LogP contribution in [0, 0.1) is 23.5 Å². The zero-order valence-electron chi connectivity index (χ0n) is 12.7. The lowest BCUT2D eigenvalue weighted by molar-refractivity contribution is -0.121. The van der Waals surface area contributed by atoms with E-state index in [4.69, 9.17) is 0 Å². The van der Waals surface area contributed by atoms with Gasteiger partial charge in [-0.1, -0.05) is 13.8 Å². The Bertz CT molecular complexity index is 511. The highest BCUT2D eigenvalue weighted by molar-refractivity contribution is 5.94. The second kappa shape index (κ2) is 6.52. The quantitative estimate of drug-likeness (QED) is 0.928. The summed E-state index contributed by atoms with van der Waals surface area (Å²) in [6.07, 6.45) is 1.17. The van der Waals surface area contributed by atoms with Gasteiger partial charge in [0.1, 0.15) is 0 Å². The van der Waals surface area contributed by atoms with E-state index in [9.17, 15) is 13.6 Å². The van der Waals surface area contributed by atoms with Gasteiger partial charge in [-0.05, 0) is 37.3 Å². The number of nitrogens with one attached hydrogen (secondary N) is 1. The molecular weight excluding hydrogens is 274 g/mol. The van der Waals surface area contributed by atoms with Crippen molar-refractivity contribution in [2.45, 2.75) is 33.2 Å². The molecule has 0 radical (unpaired) electrons. The van der Waals surface area contributed by atoms with Gasteiger partial charge in [-0.15, -0.1) is 0 Å². The smallest absolute Gasteiger partial charge is 0.241 e. The zero-order valence-corrected chi connectivity index (χ0v) is 12.7. The number of hydrogen-bond donors (Lipinski definition) is 1. The zero-order chi connectivity index (χ0) is 15.6. The van der Waals surface area contributed by atoms with E-state index < -0.39 is 11.6 Å². The molecule has 0 aromatic heterocycles. The van der Waals surface area contributed by atoms with E-state index in [-0.39, 0.29) is 17.6 Å². The maximum atomic E-state index is 13.2. The van der Waals surface area contributed by atoms with Crippen LogP contribution < -0.4 is 5.32 Å². The number of anilines is 1. The van der Waals surface area contributed by atoms with E-state index >= 15 is 0 Å². The number of likely N-dealkylation sites (tertiary alicyclic amines) is 1. The third-order valence-corrected chi connectivity index (χ3v) is 4.01. The van der Waals surface area contributed by atoms with Crippen LogP contribution in [-0.2, 0) is 4.79 Å². The molecule has 1 N–H and O–H groups in total. The summed E-state index contributed by atoms with van der Waals surface area (Å²) in [5.41, 5.74) is 0.281. The molecule has 21 heavy (non-hydrogen) atoms. The lowest BCUT2D eigenvalue weighted by Crippen LogP contribution is -2.48. The fraction of sp³-hybridized carbons (Fsp3) is 0.562. The van der Waals surface area contributed by atoms with Gasteiger partial charge in [0.2, 0.25) is 5.91 Å². The summed E-state index contributed by atoms with van der Waals surface area (Å²) < 4.78 is 26.0. The van der Waals surface area contributed by atoms with Crippen molar-refractivity contribution in [2.75, 3.05) is 18.4 Å². The molecule has 3 nitrogen and oxygen atoms in total. The van der Waals surface area contributed by atoms with Gasteiger partial charge in [0.25, 0.3) is 0 Å². The van der Waals surface area contributed by atoms with Gasteiger partial charge in [-0.2, -0.15) is 0 Å². The molecule has 1 aromatic rings. The van der Waals surface area contributed by atoms with Crippen molar-refractivity contribution >= 4 is 11.6 Å². The first-order valence-corrected chi connectivity index (χ1v) is 7.36. The van der Waals surface area contributed by atoms with Crippen molar-refractivity contribution in [3.8, 4) is 0 Å². The predicted molar refractivity (Wildman–Crippen MR) is 79.0 cm³/mol. The lowest BCUT2D eigenvalue weighted by atomic mass is 9.91. The number of benzene rings is 1. The topological polar surface area (TPSA) is 32.3 Å². The number of piperidine rings is 1. The first kappa shape index (κ1) is 15.9. The lowest BCUT2D eigenvalue weighted by Gasteiger charge is -2.38. The summed E-state index contributed by atoms with van der Waals surface area (Å²) in [7, 11) is 0. The van der Waals surface area contributed by atoms with Gasteiger partial charge in [0, 0.05) is 24.8 Å². The molecule has 3 atom stereocenters. The van der Waals surface area contributed by atoms with Crippen LogP contribution in [0.1, 0.15) is 27.2 Å². The van der Waals surface area contributed by atoms with Crippen LogP contribution in [-0.4, -0.2) is 29.9 Å². The molecule has 0 aliphatic carbocycles. The van der Waals surface area contributed by atoms with E-state index in [1.807, 2.05) is 6.92 Å². The second-order valence-electron chi connectivity index (χ2n) is 6.19. The molecule has 116 valence electrons. The third-order valence-electron chi connectivity index (χ3n) is 4.01. The SMILES string of the molecule is C[C@@H]1C[C@@H](C)CN([C@@H](C)C(=O)Nc2ccc(F)c(F)c2)C1. The largest absolute Gasteiger partial charge is 0.325 e. The Kier molecular flexibility index (Phi) is 4.93. The number of carbonyl (C=O) groups excluding carboxylic acids is 1. The van der Waals surface area contributed by atoms with Crippen molar-refractivity contribution in [3.63, 3.8) is 0 Å². The minimum atomic E-state index is -0.958. The van der Waals surface area contributed by atoms with Crippen LogP contribution in [0.4, 0.5) is 14.5 Å². The van der Waals surface area contributed by atoms with Gasteiger partial charge in [-0.25, -0.2) is 8.78 Å². The number of amides is 1. The third kappa shape index (κ3) is 4.00. The van der Waals surface area contributed by atoms with E-state index in [0.717, 1.165) is 25.2 Å². The van der Waals surface area contributed by atoms with Crippen LogP contribution in [0.3, 0.4) is 0 Å². The molecule has 0 spiro atoms. The highest BCUT2D eigenvalue weighted by Gasteiger charge is 2.28. The maximum absolute atomic E-state index is 13.2. The van der Waals surface area contributed by atoms with Crippen molar-refractivity contribution in [1.82, 2.24) is 4.90 Å². The summed E-state index contributed by atoms with van der Waals surface area (Å²) in [6, 6.07) is 3.09. The Balaban J connectivity index is 2.00. The average Bonchev–Trinajstić information content (AvgIpc) is 2.41. The Hall–Kier alpha value is -1.49. The minimum Gasteiger partial charge on any atom is -0.325 e. The van der Waals surface area contributed by atoms with Gasteiger partial charge >= 0.3 is 0 Å². The molecule has 2 rings (SSSR count). The summed E-state index contributed by atoms with van der Waals surface area (Å²) in [5.74, 6) is -0.942. The molecule has 0 saturated carbocycles. The van der Waals surface area contributed by atoms with E-state index in [1.165, 1.54) is 12.5 Å². The van der Waals surface area contributed by atoms with E-state index in [0.29, 0.717) is 11.8 Å². The number of carbonyl (C=O) groups is 1. The van der Waals surface area contributed by atoms with Crippen LogP contribution in [0.5, 0.6) is 0 Å². The van der Waals surface area contributed by atoms with Gasteiger partial charge in [0.05, 0.1) is 6.04 Å². The number of hydrogen-bond acceptors (Lipinski definition) is 2. The molecule has 0 bridgehead atoms. The minimum absolute atomic E-state index is 0.192. The Morgan fingerprint density at radius 2 is 1.86 bits per heavy atom. The van der Waals surface area contributed by atoms with Crippen molar-refractivity contribution in [1.29, 1.82) is 0 Å². The Morgan fingerprint density at radius 1 is 1.24 bits per heavy atom. The molecule has 0 unspecified atom stereocenters. The van der Waals surface area contributed by atoms with Crippen molar-refractivity contribution < 1.29 is 13.6 Å². The number of halogens is 2. The molecular formula is C16H22F2N2O. The van der Waals surface area contributed by atoms with Crippen molar-refractivity contribution in [3.05, 3.63) is 29.8 Å². The fourth-order valence-corrected chi connectivity index (χ4v) is 3.01. The number of rotatable bonds is 3. The summed E-state index contributed by atoms with van der Waals surface area (Å²) in [5, 5.41) is 2.65. The molecule has 1 aliphatic rings. The number of nitrogens with zero attached hydrogens (tertiary/aromatic N) is 1. The molecule has 5 heteroatoms. The van der Waals surface area contributed by atoms with Crippen molar-refractivity contribution in [2.24, 2.45) is 11.8 Å². The average molecular weight is 296 g/mol. The van der Waals surface area contributed by atoms with E-state index in [2.05, 4.69) is 24.1 Å². The summed E-state index contributed by atoms with van der Waals surface area (Å²) in [4.78, 5) is 14.4. The molecule has 1 saturated heterocycles. The molecule has 1 aliphatic heterocycles. The van der Waals surface area contributed by atoms with E-state index in [1.54, 1.807) is 0 Å². The monoisotopic (exact) mass is 296 g/mol. The normalized spacial score (nSPS) is 24.6. The first-order chi connectivity index (χ1) is 9.86. The van der Waals surface area contributed by atoms with Gasteiger partial charge in [-0.3, -0.25) is 9.69 Å². The highest BCUT2D eigenvalue weighted by atomic mass is 19.2. The van der Waals surface area contributed by atoms with Gasteiger partial charge < -0.3 is 5.32 Å². The first-order valence-electron chi connectivity index (χ1n) is 7.36.